The van der Waals surface area contributed by atoms with Crippen LogP contribution in [0.4, 0.5) is 0 Å². The Morgan fingerprint density at radius 3 is 1.86 bits per heavy atom. The fourth-order valence-electron chi connectivity index (χ4n) is 0.965. The highest BCUT2D eigenvalue weighted by atomic mass is 15.1. The monoisotopic (exact) mass is 197 g/mol. The highest BCUT2D eigenvalue weighted by Crippen LogP contribution is 2.09. The van der Waals surface area contributed by atoms with Gasteiger partial charge in [0.1, 0.15) is 0 Å². The molecule has 0 fully saturated rings. The maximum Gasteiger partial charge on any atom is 0.0130 e. The molecule has 0 saturated carbocycles. The van der Waals surface area contributed by atoms with Crippen molar-refractivity contribution in [3.63, 3.8) is 0 Å². The van der Waals surface area contributed by atoms with Crippen LogP contribution in [0.1, 0.15) is 47.0 Å². The summed E-state index contributed by atoms with van der Waals surface area (Å²) in [4.78, 5) is 2.15. The van der Waals surface area contributed by atoms with Gasteiger partial charge in [-0.05, 0) is 19.4 Å². The molecule has 0 N–H and O–H groups in total. The largest absolute Gasteiger partial charge is 0.381 e. The zero-order chi connectivity index (χ0) is 11.6. The topological polar surface area (TPSA) is 3.24 Å². The lowest BCUT2D eigenvalue weighted by Gasteiger charge is -2.16. The van der Waals surface area contributed by atoms with Gasteiger partial charge in [0.25, 0.3) is 0 Å². The van der Waals surface area contributed by atoms with Gasteiger partial charge in [0.2, 0.25) is 0 Å². The van der Waals surface area contributed by atoms with Gasteiger partial charge in [-0.25, -0.2) is 0 Å². The van der Waals surface area contributed by atoms with Crippen LogP contribution in [0, 0.1) is 0 Å². The first-order chi connectivity index (χ1) is 6.49. The minimum atomic E-state index is 1.13. The molecule has 0 atom stereocenters. The summed E-state index contributed by atoms with van der Waals surface area (Å²) in [6, 6.07) is 0. The van der Waals surface area contributed by atoms with Crippen LogP contribution >= 0.6 is 0 Å². The Labute approximate surface area is 90.5 Å². The smallest absolute Gasteiger partial charge is 0.0130 e. The van der Waals surface area contributed by atoms with E-state index in [1.807, 2.05) is 6.92 Å². The summed E-state index contributed by atoms with van der Waals surface area (Å²) >= 11 is 0. The molecule has 14 heavy (non-hydrogen) atoms. The first-order valence-corrected chi connectivity index (χ1v) is 5.52. The van der Waals surface area contributed by atoms with Crippen molar-refractivity contribution < 1.29 is 0 Å². The quantitative estimate of drug-likeness (QED) is 0.610. The van der Waals surface area contributed by atoms with Crippen molar-refractivity contribution in [3.05, 3.63) is 23.9 Å². The molecule has 84 valence electrons. The molecule has 0 heterocycles. The second-order valence-corrected chi connectivity index (χ2v) is 3.83. The molecule has 0 spiro atoms. The van der Waals surface area contributed by atoms with E-state index in [1.54, 1.807) is 0 Å². The lowest BCUT2D eigenvalue weighted by atomic mass is 10.2. The molecule has 0 aromatic rings. The molecule has 0 aliphatic heterocycles. The Hall–Kier alpha value is -0.720. The Bertz CT molecular complexity index is 166. The summed E-state index contributed by atoms with van der Waals surface area (Å²) in [6.07, 6.45) is 5.72. The van der Waals surface area contributed by atoms with Gasteiger partial charge in [-0.2, -0.15) is 0 Å². The second-order valence-electron chi connectivity index (χ2n) is 3.83. The summed E-state index contributed by atoms with van der Waals surface area (Å²) in [5.41, 5.74) is 2.49. The van der Waals surface area contributed by atoms with Crippen LogP contribution in [0.2, 0.25) is 0 Å². The first-order valence-electron chi connectivity index (χ1n) is 5.52. The van der Waals surface area contributed by atoms with Crippen molar-refractivity contribution >= 4 is 0 Å². The van der Waals surface area contributed by atoms with Gasteiger partial charge in [-0.1, -0.05) is 45.8 Å². The van der Waals surface area contributed by atoms with Gasteiger partial charge >= 0.3 is 0 Å². The molecule has 0 bridgehead atoms. The number of nitrogens with zero attached hydrogens (tertiary/aromatic N) is 1. The second kappa shape index (κ2) is 10.4. The summed E-state index contributed by atoms with van der Waals surface area (Å²) < 4.78 is 0. The molecule has 0 radical (unpaired) electrons. The van der Waals surface area contributed by atoms with E-state index in [2.05, 4.69) is 52.4 Å². The van der Waals surface area contributed by atoms with Crippen molar-refractivity contribution in [1.82, 2.24) is 4.90 Å². The number of rotatable bonds is 4. The van der Waals surface area contributed by atoms with Crippen LogP contribution in [0.3, 0.4) is 0 Å². The van der Waals surface area contributed by atoms with Crippen LogP contribution < -0.4 is 0 Å². The Balaban J connectivity index is 0. The van der Waals surface area contributed by atoms with Crippen LogP contribution in [0.15, 0.2) is 23.9 Å². The molecule has 0 rings (SSSR count). The van der Waals surface area contributed by atoms with Gasteiger partial charge in [0.15, 0.2) is 0 Å². The number of hydrogen-bond acceptors (Lipinski definition) is 1. The number of allylic oxidation sites excluding steroid dienone is 3. The average Bonchev–Trinajstić information content (AvgIpc) is 2.04. The SMILES string of the molecule is C=C(C)/C=C(\CCC)N(C)C.CCC. The van der Waals surface area contributed by atoms with Crippen molar-refractivity contribution in [2.75, 3.05) is 14.1 Å². The van der Waals surface area contributed by atoms with E-state index in [-0.39, 0.29) is 0 Å². The average molecular weight is 197 g/mol. The zero-order valence-corrected chi connectivity index (χ0v) is 10.9. The molecule has 0 amide bonds. The molecule has 1 heteroatoms. The van der Waals surface area contributed by atoms with Gasteiger partial charge in [0, 0.05) is 19.8 Å². The Kier molecular flexibility index (Phi) is 11.6. The van der Waals surface area contributed by atoms with Crippen molar-refractivity contribution in [3.8, 4) is 0 Å². The van der Waals surface area contributed by atoms with Crippen LogP contribution in [-0.2, 0) is 0 Å². The first kappa shape index (κ1) is 15.7. The maximum atomic E-state index is 3.86. The third-order valence-electron chi connectivity index (χ3n) is 1.49. The molecule has 0 saturated heterocycles. The maximum absolute atomic E-state index is 3.86. The third-order valence-corrected chi connectivity index (χ3v) is 1.49. The van der Waals surface area contributed by atoms with Crippen molar-refractivity contribution in [2.24, 2.45) is 0 Å². The molecule has 0 aromatic heterocycles. The molecule has 0 aliphatic carbocycles. The minimum Gasteiger partial charge on any atom is -0.381 e. The lowest BCUT2D eigenvalue weighted by Crippen LogP contribution is -2.10. The predicted octanol–water partition coefficient (Wildman–Crippen LogP) is 4.22. The van der Waals surface area contributed by atoms with Gasteiger partial charge in [0.05, 0.1) is 0 Å². The summed E-state index contributed by atoms with van der Waals surface area (Å²) in [6.45, 7) is 12.3. The van der Waals surface area contributed by atoms with E-state index in [1.165, 1.54) is 18.5 Å². The van der Waals surface area contributed by atoms with E-state index in [4.69, 9.17) is 0 Å². The highest BCUT2D eigenvalue weighted by Gasteiger charge is 1.96. The molecular formula is C13H27N. The minimum absolute atomic E-state index is 1.13. The van der Waals surface area contributed by atoms with Gasteiger partial charge < -0.3 is 4.90 Å². The van der Waals surface area contributed by atoms with Crippen molar-refractivity contribution in [1.29, 1.82) is 0 Å². The molecule has 0 aliphatic rings. The van der Waals surface area contributed by atoms with Crippen LogP contribution in [0.25, 0.3) is 0 Å². The fourth-order valence-corrected chi connectivity index (χ4v) is 0.965. The van der Waals surface area contributed by atoms with E-state index < -0.39 is 0 Å². The van der Waals surface area contributed by atoms with E-state index in [9.17, 15) is 0 Å². The van der Waals surface area contributed by atoms with Crippen molar-refractivity contribution in [2.45, 2.75) is 47.0 Å². The summed E-state index contributed by atoms with van der Waals surface area (Å²) in [7, 11) is 4.15. The van der Waals surface area contributed by atoms with Crippen LogP contribution in [-0.4, -0.2) is 19.0 Å². The van der Waals surface area contributed by atoms with E-state index in [0.717, 1.165) is 12.0 Å². The van der Waals surface area contributed by atoms with E-state index in [0.29, 0.717) is 0 Å². The third kappa shape index (κ3) is 11.3. The summed E-state index contributed by atoms with van der Waals surface area (Å²) in [5.74, 6) is 0. The van der Waals surface area contributed by atoms with Gasteiger partial charge in [-0.3, -0.25) is 0 Å². The van der Waals surface area contributed by atoms with Crippen LogP contribution in [0.5, 0.6) is 0 Å². The normalized spacial score (nSPS) is 10.3. The molecule has 0 unspecified atom stereocenters. The molecule has 1 nitrogen and oxygen atoms in total. The lowest BCUT2D eigenvalue weighted by molar-refractivity contribution is 0.484. The Morgan fingerprint density at radius 2 is 1.64 bits per heavy atom. The van der Waals surface area contributed by atoms with Gasteiger partial charge in [-0.15, -0.1) is 0 Å². The fraction of sp³-hybridized carbons (Fsp3) is 0.692. The standard InChI is InChI=1S/C10H19N.C3H8/c1-6-7-10(11(4)5)8-9(2)3;1-3-2/h8H,2,6-7H2,1,3-5H3;3H2,1-2H3/b10-8+;. The van der Waals surface area contributed by atoms with E-state index >= 15 is 0 Å². The Morgan fingerprint density at radius 1 is 1.21 bits per heavy atom. The zero-order valence-electron chi connectivity index (χ0n) is 10.9. The summed E-state index contributed by atoms with van der Waals surface area (Å²) in [5, 5.41) is 0. The molecule has 0 aromatic carbocycles. The molecular weight excluding hydrogens is 170 g/mol. The predicted molar refractivity (Wildman–Crippen MR) is 67.5 cm³/mol. The number of hydrogen-bond donors (Lipinski definition) is 0. The highest BCUT2D eigenvalue weighted by molar-refractivity contribution is 5.17.